The van der Waals surface area contributed by atoms with Crippen LogP contribution in [-0.2, 0) is 6.42 Å². The number of rotatable bonds is 7. The first-order chi connectivity index (χ1) is 12.3. The molecule has 4 nitrogen and oxygen atoms in total. The largest absolute Gasteiger partial charge is 0.357 e. The number of nitrogens with zero attached hydrogens (tertiary/aromatic N) is 2. The van der Waals surface area contributed by atoms with E-state index in [9.17, 15) is 0 Å². The van der Waals surface area contributed by atoms with Gasteiger partial charge in [0.2, 0.25) is 0 Å². The smallest absolute Gasteiger partial charge is 0.191 e. The van der Waals surface area contributed by atoms with Crippen LogP contribution in [0.3, 0.4) is 0 Å². The molecule has 0 aliphatic heterocycles. The van der Waals surface area contributed by atoms with E-state index in [1.54, 1.807) is 11.3 Å². The van der Waals surface area contributed by atoms with Gasteiger partial charge in [0.25, 0.3) is 0 Å². The van der Waals surface area contributed by atoms with Gasteiger partial charge in [-0.3, -0.25) is 4.99 Å². The van der Waals surface area contributed by atoms with Crippen LogP contribution in [0.25, 0.3) is 10.2 Å². The van der Waals surface area contributed by atoms with E-state index in [0.29, 0.717) is 6.04 Å². The van der Waals surface area contributed by atoms with Crippen LogP contribution in [0.2, 0.25) is 0 Å². The van der Waals surface area contributed by atoms with E-state index in [1.807, 2.05) is 11.8 Å². The van der Waals surface area contributed by atoms with E-state index in [-0.39, 0.29) is 0 Å². The quantitative estimate of drug-likeness (QED) is 0.434. The third kappa shape index (κ3) is 5.35. The van der Waals surface area contributed by atoms with E-state index in [2.05, 4.69) is 48.1 Å². The monoisotopic (exact) mass is 376 g/mol. The lowest BCUT2D eigenvalue weighted by atomic mass is 10.2. The Hall–Kier alpha value is -1.27. The normalized spacial score (nSPS) is 21.0. The lowest BCUT2D eigenvalue weighted by Gasteiger charge is -2.17. The van der Waals surface area contributed by atoms with Crippen LogP contribution in [0.5, 0.6) is 0 Å². The number of nitrogens with one attached hydrogen (secondary N) is 2. The number of para-hydroxylation sites is 1. The standard InChI is InChI=1S/C19H28N4S2/c1-3-20-19(22-14-10-11-15(13-14)24-2)21-12-6-9-18-23-16-7-4-5-8-17(16)25-18/h4-5,7-8,14-15H,3,6,9-13H2,1-2H3,(H2,20,21,22). The molecule has 1 saturated carbocycles. The maximum absolute atomic E-state index is 4.76. The van der Waals surface area contributed by atoms with Gasteiger partial charge in [0.1, 0.15) is 0 Å². The number of aryl methyl sites for hydroxylation is 1. The lowest BCUT2D eigenvalue weighted by Crippen LogP contribution is -2.42. The summed E-state index contributed by atoms with van der Waals surface area (Å²) in [5.74, 6) is 0.971. The van der Waals surface area contributed by atoms with Crippen molar-refractivity contribution >= 4 is 39.3 Å². The zero-order valence-corrected chi connectivity index (χ0v) is 16.8. The summed E-state index contributed by atoms with van der Waals surface area (Å²) in [6.45, 7) is 3.87. The average molecular weight is 377 g/mol. The van der Waals surface area contributed by atoms with Gasteiger partial charge >= 0.3 is 0 Å². The first kappa shape index (κ1) is 18.5. The van der Waals surface area contributed by atoms with Gasteiger partial charge in [-0.05, 0) is 51.0 Å². The second kappa shape index (κ2) is 9.43. The fourth-order valence-corrected chi connectivity index (χ4v) is 5.05. The van der Waals surface area contributed by atoms with Crippen LogP contribution >= 0.6 is 23.1 Å². The van der Waals surface area contributed by atoms with E-state index < -0.39 is 0 Å². The molecule has 0 spiro atoms. The Bertz CT molecular complexity index is 665. The van der Waals surface area contributed by atoms with Gasteiger partial charge in [-0.2, -0.15) is 11.8 Å². The van der Waals surface area contributed by atoms with E-state index in [4.69, 9.17) is 9.98 Å². The zero-order valence-electron chi connectivity index (χ0n) is 15.1. The molecule has 0 saturated heterocycles. The molecule has 1 fully saturated rings. The van der Waals surface area contributed by atoms with Crippen LogP contribution < -0.4 is 10.6 Å². The molecular weight excluding hydrogens is 348 g/mol. The van der Waals surface area contributed by atoms with Crippen molar-refractivity contribution in [3.63, 3.8) is 0 Å². The molecule has 1 aromatic heterocycles. The summed E-state index contributed by atoms with van der Waals surface area (Å²) >= 11 is 3.79. The van der Waals surface area contributed by atoms with E-state index >= 15 is 0 Å². The van der Waals surface area contributed by atoms with Gasteiger partial charge in [-0.1, -0.05) is 12.1 Å². The Balaban J connectivity index is 1.48. The second-order valence-corrected chi connectivity index (χ2v) is 8.70. The van der Waals surface area contributed by atoms with Crippen molar-refractivity contribution in [1.29, 1.82) is 0 Å². The molecule has 1 aliphatic carbocycles. The van der Waals surface area contributed by atoms with Crippen LogP contribution in [0.1, 0.15) is 37.6 Å². The number of aliphatic imine (C=N–C) groups is 1. The molecule has 0 bridgehead atoms. The summed E-state index contributed by atoms with van der Waals surface area (Å²) in [5, 5.41) is 9.02. The number of guanidine groups is 1. The Kier molecular flexibility index (Phi) is 6.99. The highest BCUT2D eigenvalue weighted by molar-refractivity contribution is 7.99. The van der Waals surface area contributed by atoms with Crippen molar-refractivity contribution in [3.8, 4) is 0 Å². The van der Waals surface area contributed by atoms with Crippen molar-refractivity contribution < 1.29 is 0 Å². The number of hydrogen-bond donors (Lipinski definition) is 2. The number of aromatic nitrogens is 1. The van der Waals surface area contributed by atoms with Gasteiger partial charge in [0, 0.05) is 30.8 Å². The number of fused-ring (bicyclic) bond motifs is 1. The van der Waals surface area contributed by atoms with Crippen LogP contribution in [0, 0.1) is 0 Å². The molecule has 25 heavy (non-hydrogen) atoms. The zero-order chi connectivity index (χ0) is 17.5. The molecule has 2 unspecified atom stereocenters. The molecule has 2 aromatic rings. The van der Waals surface area contributed by atoms with Crippen molar-refractivity contribution in [3.05, 3.63) is 29.3 Å². The summed E-state index contributed by atoms with van der Waals surface area (Å²) in [6.07, 6.45) is 8.07. The Morgan fingerprint density at radius 1 is 1.36 bits per heavy atom. The molecule has 0 amide bonds. The van der Waals surface area contributed by atoms with E-state index in [1.165, 1.54) is 29.0 Å². The average Bonchev–Trinajstić information content (AvgIpc) is 3.24. The number of thiazole rings is 1. The fourth-order valence-electron chi connectivity index (χ4n) is 3.25. The fraction of sp³-hybridized carbons (Fsp3) is 0.579. The number of thioether (sulfide) groups is 1. The highest BCUT2D eigenvalue weighted by Gasteiger charge is 2.24. The van der Waals surface area contributed by atoms with Crippen molar-refractivity contribution in [2.75, 3.05) is 19.3 Å². The van der Waals surface area contributed by atoms with Gasteiger partial charge in [-0.15, -0.1) is 11.3 Å². The Morgan fingerprint density at radius 2 is 2.24 bits per heavy atom. The first-order valence-corrected chi connectivity index (χ1v) is 11.3. The van der Waals surface area contributed by atoms with Gasteiger partial charge in [-0.25, -0.2) is 4.98 Å². The summed E-state index contributed by atoms with van der Waals surface area (Å²) in [4.78, 5) is 9.46. The lowest BCUT2D eigenvalue weighted by molar-refractivity contribution is 0.614. The SMILES string of the molecule is CCNC(=NCCCc1nc2ccccc2s1)NC1CCC(SC)C1. The molecule has 0 radical (unpaired) electrons. The van der Waals surface area contributed by atoms with Crippen molar-refractivity contribution in [2.24, 2.45) is 4.99 Å². The van der Waals surface area contributed by atoms with Gasteiger partial charge in [0.15, 0.2) is 5.96 Å². The maximum Gasteiger partial charge on any atom is 0.191 e. The van der Waals surface area contributed by atoms with Crippen LogP contribution in [0.4, 0.5) is 0 Å². The van der Waals surface area contributed by atoms with Gasteiger partial charge < -0.3 is 10.6 Å². The summed E-state index contributed by atoms with van der Waals surface area (Å²) in [5.41, 5.74) is 1.12. The number of benzene rings is 1. The molecule has 2 N–H and O–H groups in total. The summed E-state index contributed by atoms with van der Waals surface area (Å²) in [6, 6.07) is 8.93. The minimum absolute atomic E-state index is 0.569. The molecule has 3 rings (SSSR count). The molecular formula is C19H28N4S2. The predicted molar refractivity (Wildman–Crippen MR) is 112 cm³/mol. The Morgan fingerprint density at radius 3 is 3.00 bits per heavy atom. The van der Waals surface area contributed by atoms with Crippen molar-refractivity contribution in [1.82, 2.24) is 15.6 Å². The van der Waals surface area contributed by atoms with E-state index in [0.717, 1.165) is 42.7 Å². The molecule has 2 atom stereocenters. The predicted octanol–water partition coefficient (Wildman–Crippen LogP) is 4.07. The molecule has 1 heterocycles. The summed E-state index contributed by atoms with van der Waals surface area (Å²) < 4.78 is 1.28. The van der Waals surface area contributed by atoms with Crippen molar-refractivity contribution in [2.45, 2.75) is 50.3 Å². The first-order valence-electron chi connectivity index (χ1n) is 9.20. The molecule has 1 aliphatic rings. The van der Waals surface area contributed by atoms with Crippen LogP contribution in [0.15, 0.2) is 29.3 Å². The summed E-state index contributed by atoms with van der Waals surface area (Å²) in [7, 11) is 0. The second-order valence-electron chi connectivity index (χ2n) is 6.45. The Labute approximate surface area is 158 Å². The molecule has 136 valence electrons. The van der Waals surface area contributed by atoms with Crippen LogP contribution in [-0.4, -0.2) is 41.6 Å². The number of hydrogen-bond acceptors (Lipinski definition) is 4. The minimum atomic E-state index is 0.569. The highest BCUT2D eigenvalue weighted by Crippen LogP contribution is 2.28. The third-order valence-electron chi connectivity index (χ3n) is 4.56. The molecule has 6 heteroatoms. The third-order valence-corrected chi connectivity index (χ3v) is 6.75. The van der Waals surface area contributed by atoms with Gasteiger partial charge in [0.05, 0.1) is 15.2 Å². The molecule has 1 aromatic carbocycles. The topological polar surface area (TPSA) is 49.3 Å². The minimum Gasteiger partial charge on any atom is -0.357 e. The maximum atomic E-state index is 4.76. The highest BCUT2D eigenvalue weighted by atomic mass is 32.2.